The first-order valence-electron chi connectivity index (χ1n) is 9.74. The van der Waals surface area contributed by atoms with Gasteiger partial charge in [-0.2, -0.15) is 0 Å². The second-order valence-electron chi connectivity index (χ2n) is 6.97. The van der Waals surface area contributed by atoms with Gasteiger partial charge >= 0.3 is 0 Å². The van der Waals surface area contributed by atoms with Gasteiger partial charge in [-0.3, -0.25) is 14.2 Å². The Kier molecular flexibility index (Phi) is 5.89. The molecule has 0 aliphatic heterocycles. The van der Waals surface area contributed by atoms with Crippen LogP contribution < -0.4 is 5.56 Å². The summed E-state index contributed by atoms with van der Waals surface area (Å²) in [6, 6.07) is 14.1. The molecule has 1 atom stereocenters. The first-order valence-corrected chi connectivity index (χ1v) is 11.0. The van der Waals surface area contributed by atoms with Crippen LogP contribution in [0.1, 0.15) is 35.4 Å². The highest BCUT2D eigenvalue weighted by Crippen LogP contribution is 2.26. The highest BCUT2D eigenvalue weighted by atomic mass is 35.5. The van der Waals surface area contributed by atoms with Crippen molar-refractivity contribution in [2.24, 2.45) is 0 Å². The summed E-state index contributed by atoms with van der Waals surface area (Å²) >= 11 is 7.36. The van der Waals surface area contributed by atoms with E-state index in [2.05, 4.69) is 0 Å². The van der Waals surface area contributed by atoms with Crippen LogP contribution in [0.25, 0.3) is 16.6 Å². The Hall–Kier alpha value is -3.03. The topological polar surface area (TPSA) is 55.2 Å². The van der Waals surface area contributed by atoms with E-state index in [4.69, 9.17) is 16.6 Å². The number of rotatable bonds is 5. The molecule has 0 aliphatic rings. The molecule has 1 amide bonds. The van der Waals surface area contributed by atoms with E-state index in [1.165, 1.54) is 34.1 Å². The van der Waals surface area contributed by atoms with Gasteiger partial charge in [-0.25, -0.2) is 9.37 Å². The van der Waals surface area contributed by atoms with E-state index in [0.29, 0.717) is 33.8 Å². The number of hydrogen-bond acceptors (Lipinski definition) is 4. The summed E-state index contributed by atoms with van der Waals surface area (Å²) in [5.41, 5.74) is 0.601. The molecule has 4 rings (SSSR count). The Balaban J connectivity index is 1.94. The second-order valence-corrected chi connectivity index (χ2v) is 8.33. The molecule has 4 aromatic rings. The molecule has 0 spiro atoms. The molecular weight excluding hydrogens is 437 g/mol. The van der Waals surface area contributed by atoms with E-state index in [0.717, 1.165) is 0 Å². The fourth-order valence-corrected chi connectivity index (χ4v) is 4.43. The lowest BCUT2D eigenvalue weighted by Crippen LogP contribution is -2.37. The van der Waals surface area contributed by atoms with Crippen molar-refractivity contribution in [2.75, 3.05) is 6.54 Å². The number of nitrogens with zero attached hydrogens (tertiary/aromatic N) is 3. The lowest BCUT2D eigenvalue weighted by molar-refractivity contribution is 0.0698. The molecule has 0 saturated carbocycles. The van der Waals surface area contributed by atoms with Gasteiger partial charge in [0, 0.05) is 6.54 Å². The normalized spacial score (nSPS) is 12.1. The molecule has 0 N–H and O–H groups in total. The number of benzene rings is 2. The summed E-state index contributed by atoms with van der Waals surface area (Å²) in [4.78, 5) is 33.5. The van der Waals surface area contributed by atoms with E-state index in [1.807, 2.05) is 25.3 Å². The quantitative estimate of drug-likeness (QED) is 0.401. The SMILES string of the molecule is CCN(C(=O)c1cccs1)C(C)c1nc2ccccc2c(=O)n1-c1ccc(F)c(Cl)c1. The Morgan fingerprint density at radius 1 is 1.23 bits per heavy atom. The van der Waals surface area contributed by atoms with Crippen LogP contribution in [0.15, 0.2) is 64.8 Å². The van der Waals surface area contributed by atoms with E-state index in [1.54, 1.807) is 35.2 Å². The van der Waals surface area contributed by atoms with Gasteiger partial charge in [0.1, 0.15) is 11.6 Å². The zero-order valence-electron chi connectivity index (χ0n) is 16.9. The number of halogens is 2. The van der Waals surface area contributed by atoms with Gasteiger partial charge in [0.25, 0.3) is 11.5 Å². The van der Waals surface area contributed by atoms with Crippen molar-refractivity contribution in [1.82, 2.24) is 14.5 Å². The van der Waals surface area contributed by atoms with Crippen LogP contribution >= 0.6 is 22.9 Å². The maximum absolute atomic E-state index is 13.8. The summed E-state index contributed by atoms with van der Waals surface area (Å²) in [6.45, 7) is 4.12. The van der Waals surface area contributed by atoms with E-state index in [9.17, 15) is 14.0 Å². The van der Waals surface area contributed by atoms with Crippen LogP contribution in [0.5, 0.6) is 0 Å². The summed E-state index contributed by atoms with van der Waals surface area (Å²) in [6.07, 6.45) is 0. The van der Waals surface area contributed by atoms with E-state index in [-0.39, 0.29) is 16.5 Å². The fourth-order valence-electron chi connectivity index (χ4n) is 3.58. The summed E-state index contributed by atoms with van der Waals surface area (Å²) < 4.78 is 15.2. The molecule has 0 bridgehead atoms. The van der Waals surface area contributed by atoms with Crippen molar-refractivity contribution in [1.29, 1.82) is 0 Å². The largest absolute Gasteiger partial charge is 0.328 e. The van der Waals surface area contributed by atoms with Gasteiger partial charge in [0.2, 0.25) is 0 Å². The lowest BCUT2D eigenvalue weighted by Gasteiger charge is -2.29. The van der Waals surface area contributed by atoms with Gasteiger partial charge in [0.15, 0.2) is 0 Å². The molecule has 0 radical (unpaired) electrons. The smallest absolute Gasteiger partial charge is 0.266 e. The maximum atomic E-state index is 13.8. The highest BCUT2D eigenvalue weighted by molar-refractivity contribution is 7.12. The molecule has 2 aromatic heterocycles. The molecule has 1 unspecified atom stereocenters. The van der Waals surface area contributed by atoms with Gasteiger partial charge in [-0.15, -0.1) is 11.3 Å². The van der Waals surface area contributed by atoms with E-state index >= 15 is 0 Å². The van der Waals surface area contributed by atoms with Crippen molar-refractivity contribution in [3.8, 4) is 5.69 Å². The number of aromatic nitrogens is 2. The van der Waals surface area contributed by atoms with Crippen molar-refractivity contribution >= 4 is 39.7 Å². The Labute approximate surface area is 187 Å². The monoisotopic (exact) mass is 455 g/mol. The van der Waals surface area contributed by atoms with Crippen LogP contribution in [0.2, 0.25) is 5.02 Å². The predicted molar refractivity (Wildman–Crippen MR) is 122 cm³/mol. The molecule has 158 valence electrons. The molecule has 2 aromatic carbocycles. The van der Waals surface area contributed by atoms with Gasteiger partial charge in [0.05, 0.1) is 32.5 Å². The van der Waals surface area contributed by atoms with Crippen LogP contribution in [0, 0.1) is 5.82 Å². The van der Waals surface area contributed by atoms with Gasteiger partial charge in [-0.1, -0.05) is 29.8 Å². The number of fused-ring (bicyclic) bond motifs is 1. The third kappa shape index (κ3) is 3.86. The van der Waals surface area contributed by atoms with Crippen molar-refractivity contribution in [3.05, 3.63) is 91.9 Å². The Morgan fingerprint density at radius 3 is 2.68 bits per heavy atom. The standard InChI is InChI=1S/C23H19ClFN3O2S/c1-3-27(23(30)20-9-6-12-31-20)14(2)21-26-19-8-5-4-7-16(19)22(29)28(21)15-10-11-18(25)17(24)13-15/h4-14H,3H2,1-2H3. The van der Waals surface area contributed by atoms with Crippen LogP contribution in [-0.4, -0.2) is 26.9 Å². The highest BCUT2D eigenvalue weighted by Gasteiger charge is 2.27. The first kappa shape index (κ1) is 21.2. The number of para-hydroxylation sites is 1. The average Bonchev–Trinajstić information content (AvgIpc) is 3.31. The maximum Gasteiger partial charge on any atom is 0.266 e. The number of amides is 1. The lowest BCUT2D eigenvalue weighted by atomic mass is 10.1. The molecule has 2 heterocycles. The molecule has 5 nitrogen and oxygen atoms in total. The van der Waals surface area contributed by atoms with Crippen molar-refractivity contribution in [3.63, 3.8) is 0 Å². The molecule has 31 heavy (non-hydrogen) atoms. The summed E-state index contributed by atoms with van der Waals surface area (Å²) in [5, 5.41) is 2.17. The number of hydrogen-bond donors (Lipinski definition) is 0. The summed E-state index contributed by atoms with van der Waals surface area (Å²) in [7, 11) is 0. The zero-order valence-corrected chi connectivity index (χ0v) is 18.5. The van der Waals surface area contributed by atoms with Crippen LogP contribution in [0.3, 0.4) is 0 Å². The molecule has 0 saturated heterocycles. The molecule has 0 aliphatic carbocycles. The van der Waals surface area contributed by atoms with Crippen molar-refractivity contribution < 1.29 is 9.18 Å². The fraction of sp³-hybridized carbons (Fsp3) is 0.174. The van der Waals surface area contributed by atoms with Crippen LogP contribution in [0.4, 0.5) is 4.39 Å². The minimum absolute atomic E-state index is 0.0989. The Bertz CT molecular complexity index is 1320. The Morgan fingerprint density at radius 2 is 2.00 bits per heavy atom. The van der Waals surface area contributed by atoms with Crippen LogP contribution in [-0.2, 0) is 0 Å². The number of carbonyl (C=O) groups is 1. The minimum atomic E-state index is -0.579. The number of thiophene rings is 1. The van der Waals surface area contributed by atoms with Gasteiger partial charge < -0.3 is 4.90 Å². The van der Waals surface area contributed by atoms with Gasteiger partial charge in [-0.05, 0) is 55.6 Å². The molecule has 0 fully saturated rings. The van der Waals surface area contributed by atoms with Crippen molar-refractivity contribution in [2.45, 2.75) is 19.9 Å². The second kappa shape index (κ2) is 8.61. The third-order valence-corrected chi connectivity index (χ3v) is 6.29. The average molecular weight is 456 g/mol. The first-order chi connectivity index (χ1) is 14.9. The summed E-state index contributed by atoms with van der Waals surface area (Å²) in [5.74, 6) is -0.348. The minimum Gasteiger partial charge on any atom is -0.328 e. The third-order valence-electron chi connectivity index (χ3n) is 5.14. The number of carbonyl (C=O) groups excluding carboxylic acids is 1. The predicted octanol–water partition coefficient (Wildman–Crippen LogP) is 5.46. The molecule has 8 heteroatoms. The van der Waals surface area contributed by atoms with E-state index < -0.39 is 11.9 Å². The molecular formula is C23H19ClFN3O2S. The zero-order chi connectivity index (χ0) is 22.1.